The number of piperidine rings is 1. The predicted molar refractivity (Wildman–Crippen MR) is 115 cm³/mol. The van der Waals surface area contributed by atoms with Crippen LogP contribution in [-0.2, 0) is 0 Å². The summed E-state index contributed by atoms with van der Waals surface area (Å²) in [5.41, 5.74) is 1.87. The van der Waals surface area contributed by atoms with E-state index in [1.54, 1.807) is 12.1 Å². The maximum Gasteiger partial charge on any atom is 0.272 e. The molecule has 1 aromatic heterocycles. The summed E-state index contributed by atoms with van der Waals surface area (Å²) in [5.74, 6) is 0.599. The zero-order chi connectivity index (χ0) is 20.9. The van der Waals surface area contributed by atoms with Gasteiger partial charge in [0.2, 0.25) is 0 Å². The molecule has 2 amide bonds. The Morgan fingerprint density at radius 3 is 2.90 bits per heavy atom. The molecule has 0 unspecified atom stereocenters. The average molecular weight is 405 g/mol. The fourth-order valence-corrected chi connectivity index (χ4v) is 4.12. The van der Waals surface area contributed by atoms with Gasteiger partial charge >= 0.3 is 0 Å². The van der Waals surface area contributed by atoms with E-state index in [4.69, 9.17) is 4.74 Å². The quantitative estimate of drug-likeness (QED) is 0.739. The molecule has 0 spiro atoms. The number of carbonyl (C=O) groups excluding carboxylic acids is 2. The second-order valence-electron chi connectivity index (χ2n) is 7.88. The van der Waals surface area contributed by atoms with E-state index in [0.29, 0.717) is 43.1 Å². The van der Waals surface area contributed by atoms with Crippen LogP contribution in [-0.4, -0.2) is 47.4 Å². The Morgan fingerprint density at radius 1 is 1.17 bits per heavy atom. The van der Waals surface area contributed by atoms with Crippen molar-refractivity contribution < 1.29 is 14.3 Å². The van der Waals surface area contributed by atoms with Crippen LogP contribution >= 0.6 is 0 Å². The molecule has 1 N–H and O–H groups in total. The Morgan fingerprint density at radius 2 is 2.03 bits per heavy atom. The van der Waals surface area contributed by atoms with Gasteiger partial charge in [-0.3, -0.25) is 9.59 Å². The van der Waals surface area contributed by atoms with E-state index in [1.165, 1.54) is 0 Å². The monoisotopic (exact) mass is 405 g/mol. The van der Waals surface area contributed by atoms with Gasteiger partial charge in [-0.05, 0) is 50.5 Å². The number of pyridine rings is 1. The molecule has 1 fully saturated rings. The topological polar surface area (TPSA) is 71.5 Å². The van der Waals surface area contributed by atoms with Crippen LogP contribution in [0.2, 0.25) is 0 Å². The van der Waals surface area contributed by atoms with E-state index >= 15 is 0 Å². The molecule has 0 aliphatic carbocycles. The van der Waals surface area contributed by atoms with Gasteiger partial charge in [-0.25, -0.2) is 4.98 Å². The van der Waals surface area contributed by atoms with Gasteiger partial charge in [0.1, 0.15) is 11.4 Å². The smallest absolute Gasteiger partial charge is 0.272 e. The SMILES string of the molecule is Cc1cccc(C(=O)N2CC[C@H]3NC(=O)c4ccccc4OCC/C=C/C[C@H]3C2)n1. The molecule has 3 heterocycles. The Bertz CT molecular complexity index is 956. The third-order valence-electron chi connectivity index (χ3n) is 5.72. The number of para-hydroxylation sites is 1. The second kappa shape index (κ2) is 9.11. The number of carbonyl (C=O) groups is 2. The third kappa shape index (κ3) is 4.53. The van der Waals surface area contributed by atoms with Gasteiger partial charge < -0.3 is 15.0 Å². The van der Waals surface area contributed by atoms with E-state index in [9.17, 15) is 9.59 Å². The minimum Gasteiger partial charge on any atom is -0.492 e. The van der Waals surface area contributed by atoms with Crippen molar-refractivity contribution in [3.8, 4) is 5.75 Å². The zero-order valence-electron chi connectivity index (χ0n) is 17.2. The zero-order valence-corrected chi connectivity index (χ0v) is 17.2. The lowest BCUT2D eigenvalue weighted by Gasteiger charge is -2.38. The van der Waals surface area contributed by atoms with Crippen LogP contribution in [0.4, 0.5) is 0 Å². The average Bonchev–Trinajstić information content (AvgIpc) is 2.76. The van der Waals surface area contributed by atoms with E-state index < -0.39 is 0 Å². The number of nitrogens with one attached hydrogen (secondary N) is 1. The molecule has 2 aliphatic rings. The van der Waals surface area contributed by atoms with Crippen molar-refractivity contribution in [3.63, 3.8) is 0 Å². The van der Waals surface area contributed by atoms with E-state index in [-0.39, 0.29) is 23.8 Å². The first-order chi connectivity index (χ1) is 14.6. The molecular formula is C24H27N3O3. The first kappa shape index (κ1) is 20.1. The molecule has 1 aromatic carbocycles. The number of aryl methyl sites for hydroxylation is 1. The number of amides is 2. The number of aromatic nitrogens is 1. The maximum atomic E-state index is 13.0. The van der Waals surface area contributed by atoms with Crippen LogP contribution in [0, 0.1) is 12.8 Å². The Balaban J connectivity index is 1.53. The van der Waals surface area contributed by atoms with Crippen molar-refractivity contribution in [1.82, 2.24) is 15.2 Å². The van der Waals surface area contributed by atoms with Gasteiger partial charge in [-0.15, -0.1) is 0 Å². The number of hydrogen-bond acceptors (Lipinski definition) is 4. The summed E-state index contributed by atoms with van der Waals surface area (Å²) in [6.45, 7) is 3.61. The summed E-state index contributed by atoms with van der Waals surface area (Å²) in [4.78, 5) is 32.2. The van der Waals surface area contributed by atoms with Crippen LogP contribution in [0.3, 0.4) is 0 Å². The number of nitrogens with zero attached hydrogens (tertiary/aromatic N) is 2. The Labute approximate surface area is 176 Å². The summed E-state index contributed by atoms with van der Waals surface area (Å²) in [6.07, 6.45) is 6.55. The minimum atomic E-state index is -0.120. The highest BCUT2D eigenvalue weighted by Crippen LogP contribution is 2.25. The molecule has 0 radical (unpaired) electrons. The number of likely N-dealkylation sites (tertiary alicyclic amines) is 1. The van der Waals surface area contributed by atoms with Crippen molar-refractivity contribution >= 4 is 11.8 Å². The molecule has 30 heavy (non-hydrogen) atoms. The number of allylic oxidation sites excluding steroid dienone is 1. The molecule has 1 saturated heterocycles. The summed E-state index contributed by atoms with van der Waals surface area (Å²) >= 11 is 0. The summed E-state index contributed by atoms with van der Waals surface area (Å²) < 4.78 is 5.80. The lowest BCUT2D eigenvalue weighted by atomic mass is 9.88. The third-order valence-corrected chi connectivity index (χ3v) is 5.72. The Hall–Kier alpha value is -3.15. The molecule has 0 saturated carbocycles. The molecular weight excluding hydrogens is 378 g/mol. The van der Waals surface area contributed by atoms with E-state index in [2.05, 4.69) is 22.5 Å². The summed E-state index contributed by atoms with van der Waals surface area (Å²) in [6, 6.07) is 12.9. The highest BCUT2D eigenvalue weighted by atomic mass is 16.5. The lowest BCUT2D eigenvalue weighted by molar-refractivity contribution is 0.0613. The predicted octanol–water partition coefficient (Wildman–Crippen LogP) is 3.38. The second-order valence-corrected chi connectivity index (χ2v) is 7.88. The van der Waals surface area contributed by atoms with Gasteiger partial charge in [0.05, 0.1) is 12.2 Å². The molecule has 156 valence electrons. The van der Waals surface area contributed by atoms with Crippen LogP contribution < -0.4 is 10.1 Å². The first-order valence-electron chi connectivity index (χ1n) is 10.5. The van der Waals surface area contributed by atoms with Crippen LogP contribution in [0.5, 0.6) is 5.75 Å². The molecule has 2 atom stereocenters. The normalized spacial score (nSPS) is 23.0. The fourth-order valence-electron chi connectivity index (χ4n) is 4.12. The molecule has 0 bridgehead atoms. The van der Waals surface area contributed by atoms with Gasteiger partial charge in [0.15, 0.2) is 0 Å². The first-order valence-corrected chi connectivity index (χ1v) is 10.5. The molecule has 2 aliphatic heterocycles. The molecule has 4 rings (SSSR count). The van der Waals surface area contributed by atoms with Crippen molar-refractivity contribution in [2.24, 2.45) is 5.92 Å². The highest BCUT2D eigenvalue weighted by Gasteiger charge is 2.33. The minimum absolute atomic E-state index is 0.00384. The van der Waals surface area contributed by atoms with Gasteiger partial charge in [0.25, 0.3) is 11.8 Å². The van der Waals surface area contributed by atoms with Gasteiger partial charge in [-0.1, -0.05) is 30.4 Å². The summed E-state index contributed by atoms with van der Waals surface area (Å²) in [7, 11) is 0. The van der Waals surface area contributed by atoms with Crippen LogP contribution in [0.1, 0.15) is 45.8 Å². The summed E-state index contributed by atoms with van der Waals surface area (Å²) in [5, 5.41) is 3.19. The number of benzene rings is 1. The number of fused-ring (bicyclic) bond motifs is 2. The van der Waals surface area contributed by atoms with Gasteiger partial charge in [-0.2, -0.15) is 0 Å². The number of hydrogen-bond donors (Lipinski definition) is 1. The number of rotatable bonds is 1. The van der Waals surface area contributed by atoms with Gasteiger partial charge in [0, 0.05) is 30.7 Å². The van der Waals surface area contributed by atoms with Crippen molar-refractivity contribution in [2.75, 3.05) is 19.7 Å². The lowest BCUT2D eigenvalue weighted by Crippen LogP contribution is -2.52. The standard InChI is InChI=1S/C24H27N3O3/c1-17-8-7-11-21(25-17)24(29)27-14-13-20-18(16-27)9-3-2-6-15-30-22-12-5-4-10-19(22)23(28)26-20/h2-5,7-8,10-12,18,20H,6,9,13-16H2,1H3,(H,26,28)/b3-2+/t18-,20+/m0/s1. The van der Waals surface area contributed by atoms with Crippen molar-refractivity contribution in [2.45, 2.75) is 32.2 Å². The van der Waals surface area contributed by atoms with Crippen LogP contribution in [0.25, 0.3) is 0 Å². The van der Waals surface area contributed by atoms with Crippen molar-refractivity contribution in [1.29, 1.82) is 0 Å². The molecule has 2 aromatic rings. The van der Waals surface area contributed by atoms with Crippen molar-refractivity contribution in [3.05, 3.63) is 71.6 Å². The highest BCUT2D eigenvalue weighted by molar-refractivity contribution is 5.97. The van der Waals surface area contributed by atoms with Crippen LogP contribution in [0.15, 0.2) is 54.6 Å². The van der Waals surface area contributed by atoms with E-state index in [1.807, 2.05) is 42.2 Å². The van der Waals surface area contributed by atoms with E-state index in [0.717, 1.165) is 18.5 Å². The fraction of sp³-hybridized carbons (Fsp3) is 0.375. The maximum absolute atomic E-state index is 13.0. The largest absolute Gasteiger partial charge is 0.492 e. The molecule has 6 nitrogen and oxygen atoms in total. The number of ether oxygens (including phenoxy) is 1. The molecule has 6 heteroatoms. The Kier molecular flexibility index (Phi) is 6.12.